The Bertz CT molecular complexity index is 1430. The number of aryl methyl sites for hydroxylation is 1. The summed E-state index contributed by atoms with van der Waals surface area (Å²) >= 11 is 0. The lowest BCUT2D eigenvalue weighted by Crippen LogP contribution is -2.30. The average Bonchev–Trinajstić information content (AvgIpc) is 3.41. The maximum absolute atomic E-state index is 13.3. The Morgan fingerprint density at radius 1 is 1.07 bits per heavy atom. The largest absolute Gasteiger partial charge is 0.449 e. The van der Waals surface area contributed by atoms with Crippen molar-refractivity contribution >= 4 is 27.9 Å². The number of fused-ring (bicyclic) bond motifs is 2. The number of hydrogen-bond acceptors (Lipinski definition) is 3. The predicted molar refractivity (Wildman–Crippen MR) is 116 cm³/mol. The van der Waals surface area contributed by atoms with Crippen molar-refractivity contribution < 1.29 is 9.53 Å². The highest BCUT2D eigenvalue weighted by molar-refractivity contribution is 5.97. The zero-order valence-electron chi connectivity index (χ0n) is 16.6. The molecule has 150 valence electrons. The van der Waals surface area contributed by atoms with E-state index >= 15 is 0 Å². The topological polar surface area (TPSA) is 73.9 Å². The first-order chi connectivity index (χ1) is 14.6. The molecule has 0 fully saturated rings. The number of aromatic amines is 1. The van der Waals surface area contributed by atoms with Crippen LogP contribution >= 0.6 is 0 Å². The van der Waals surface area contributed by atoms with Crippen molar-refractivity contribution in [1.82, 2.24) is 18.7 Å². The molecule has 2 aromatic carbocycles. The summed E-state index contributed by atoms with van der Waals surface area (Å²) in [6, 6.07) is 17.5. The molecule has 0 aliphatic carbocycles. The van der Waals surface area contributed by atoms with Crippen LogP contribution in [0.25, 0.3) is 38.9 Å². The average molecular weight is 400 g/mol. The van der Waals surface area contributed by atoms with E-state index in [2.05, 4.69) is 4.98 Å². The van der Waals surface area contributed by atoms with Crippen LogP contribution in [0.4, 0.5) is 4.79 Å². The number of imidazole rings is 1. The molecule has 0 atom stereocenters. The zero-order chi connectivity index (χ0) is 20.8. The summed E-state index contributed by atoms with van der Waals surface area (Å²) in [7, 11) is 1.94. The van der Waals surface area contributed by atoms with Gasteiger partial charge in [0.15, 0.2) is 0 Å². The van der Waals surface area contributed by atoms with E-state index in [4.69, 9.17) is 4.74 Å². The molecule has 0 aliphatic rings. The minimum atomic E-state index is -0.694. The standard InChI is InChI=1S/C23H20N4O3/c1-3-30-23(29)27-20(17-13-25(2)19-11-7-5-9-16(17)19)14-26(22(27)28)21-12-15-8-4-6-10-18(15)24-21/h4-14,24H,3H2,1-2H3. The van der Waals surface area contributed by atoms with Gasteiger partial charge < -0.3 is 14.3 Å². The van der Waals surface area contributed by atoms with Crippen molar-refractivity contribution in [3.8, 4) is 17.1 Å². The van der Waals surface area contributed by atoms with Gasteiger partial charge in [-0.2, -0.15) is 4.57 Å². The summed E-state index contributed by atoms with van der Waals surface area (Å²) in [5.74, 6) is 0.589. The number of benzene rings is 2. The first kappa shape index (κ1) is 18.1. The van der Waals surface area contributed by atoms with E-state index < -0.39 is 11.8 Å². The number of nitrogens with one attached hydrogen (secondary N) is 1. The van der Waals surface area contributed by atoms with Crippen LogP contribution in [0.3, 0.4) is 0 Å². The minimum absolute atomic E-state index is 0.178. The second-order valence-corrected chi connectivity index (χ2v) is 7.11. The molecule has 0 saturated heterocycles. The molecule has 0 unspecified atom stereocenters. The van der Waals surface area contributed by atoms with Gasteiger partial charge in [0, 0.05) is 46.8 Å². The van der Waals surface area contributed by atoms with Crippen LogP contribution in [-0.2, 0) is 11.8 Å². The third-order valence-corrected chi connectivity index (χ3v) is 5.29. The SMILES string of the molecule is CCOC(=O)n1c(-c2cn(C)c3ccccc23)cn(-c2cc3ccccc3[nH]2)c1=O. The van der Waals surface area contributed by atoms with Crippen molar-refractivity contribution in [3.05, 3.63) is 77.5 Å². The Kier molecular flexibility index (Phi) is 4.10. The molecule has 0 spiro atoms. The van der Waals surface area contributed by atoms with Crippen LogP contribution in [0, 0.1) is 0 Å². The lowest BCUT2D eigenvalue weighted by Gasteiger charge is -2.05. The van der Waals surface area contributed by atoms with Crippen LogP contribution in [0.15, 0.2) is 71.8 Å². The molecule has 0 amide bonds. The summed E-state index contributed by atoms with van der Waals surface area (Å²) in [4.78, 5) is 29.3. The fourth-order valence-electron chi connectivity index (χ4n) is 3.91. The van der Waals surface area contributed by atoms with Gasteiger partial charge in [-0.3, -0.25) is 4.57 Å². The van der Waals surface area contributed by atoms with Gasteiger partial charge in [0.2, 0.25) is 0 Å². The van der Waals surface area contributed by atoms with Gasteiger partial charge in [0.25, 0.3) is 0 Å². The molecule has 5 rings (SSSR count). The molecular weight excluding hydrogens is 380 g/mol. The Balaban J connectivity index is 1.79. The molecule has 7 nitrogen and oxygen atoms in total. The summed E-state index contributed by atoms with van der Waals surface area (Å²) in [5.41, 5.74) is 2.70. The molecule has 0 bridgehead atoms. The van der Waals surface area contributed by atoms with Crippen LogP contribution in [0.1, 0.15) is 6.92 Å². The molecule has 7 heteroatoms. The third kappa shape index (κ3) is 2.67. The van der Waals surface area contributed by atoms with Gasteiger partial charge in [-0.1, -0.05) is 36.4 Å². The highest BCUT2D eigenvalue weighted by Crippen LogP contribution is 2.30. The number of rotatable bonds is 3. The van der Waals surface area contributed by atoms with Gasteiger partial charge >= 0.3 is 11.8 Å². The number of carbonyl (C=O) groups excluding carboxylic acids is 1. The molecule has 1 N–H and O–H groups in total. The number of para-hydroxylation sites is 2. The fraction of sp³-hybridized carbons (Fsp3) is 0.130. The van der Waals surface area contributed by atoms with Crippen LogP contribution in [0.2, 0.25) is 0 Å². The van der Waals surface area contributed by atoms with E-state index in [0.717, 1.165) is 31.9 Å². The maximum atomic E-state index is 13.3. The van der Waals surface area contributed by atoms with Gasteiger partial charge in [-0.05, 0) is 25.1 Å². The lowest BCUT2D eigenvalue weighted by molar-refractivity contribution is 0.153. The van der Waals surface area contributed by atoms with Gasteiger partial charge in [0.1, 0.15) is 5.82 Å². The number of nitrogens with zero attached hydrogens (tertiary/aromatic N) is 3. The molecule has 0 radical (unpaired) electrons. The molecule has 30 heavy (non-hydrogen) atoms. The predicted octanol–water partition coefficient (Wildman–Crippen LogP) is 4.28. The van der Waals surface area contributed by atoms with Crippen molar-refractivity contribution in [2.45, 2.75) is 6.92 Å². The number of hydrogen-bond donors (Lipinski definition) is 1. The molecule has 0 saturated carbocycles. The third-order valence-electron chi connectivity index (χ3n) is 5.29. The Morgan fingerprint density at radius 3 is 2.63 bits per heavy atom. The van der Waals surface area contributed by atoms with Crippen molar-refractivity contribution in [2.24, 2.45) is 7.05 Å². The van der Waals surface area contributed by atoms with Gasteiger partial charge in [-0.25, -0.2) is 9.59 Å². The molecule has 3 heterocycles. The summed E-state index contributed by atoms with van der Waals surface area (Å²) in [6.07, 6.45) is 2.91. The maximum Gasteiger partial charge on any atom is 0.422 e. The molecule has 3 aromatic heterocycles. The lowest BCUT2D eigenvalue weighted by atomic mass is 10.1. The minimum Gasteiger partial charge on any atom is -0.449 e. The van der Waals surface area contributed by atoms with E-state index in [1.54, 1.807) is 13.1 Å². The van der Waals surface area contributed by atoms with Crippen molar-refractivity contribution in [3.63, 3.8) is 0 Å². The quantitative estimate of drug-likeness (QED) is 0.491. The first-order valence-electron chi connectivity index (χ1n) is 9.72. The summed E-state index contributed by atoms with van der Waals surface area (Å²) in [6.45, 7) is 1.90. The highest BCUT2D eigenvalue weighted by atomic mass is 16.5. The summed E-state index contributed by atoms with van der Waals surface area (Å²) in [5, 5.41) is 1.93. The number of H-pyrrole nitrogens is 1. The van der Waals surface area contributed by atoms with Crippen molar-refractivity contribution in [1.29, 1.82) is 0 Å². The number of carbonyl (C=O) groups is 1. The molecule has 0 aliphatic heterocycles. The number of ether oxygens (including phenoxy) is 1. The Morgan fingerprint density at radius 2 is 1.83 bits per heavy atom. The van der Waals surface area contributed by atoms with Gasteiger partial charge in [0.05, 0.1) is 12.3 Å². The molecule has 5 aromatic rings. The van der Waals surface area contributed by atoms with E-state index in [9.17, 15) is 9.59 Å². The van der Waals surface area contributed by atoms with Crippen LogP contribution < -0.4 is 5.69 Å². The zero-order valence-corrected chi connectivity index (χ0v) is 16.6. The smallest absolute Gasteiger partial charge is 0.422 e. The van der Waals surface area contributed by atoms with E-state index in [0.29, 0.717) is 11.5 Å². The van der Waals surface area contributed by atoms with Crippen molar-refractivity contribution in [2.75, 3.05) is 6.61 Å². The van der Waals surface area contributed by atoms with Gasteiger partial charge in [-0.15, -0.1) is 0 Å². The van der Waals surface area contributed by atoms with E-state index in [1.165, 1.54) is 4.57 Å². The fourth-order valence-corrected chi connectivity index (χ4v) is 3.91. The second kappa shape index (κ2) is 6.81. The van der Waals surface area contributed by atoms with E-state index in [-0.39, 0.29) is 6.61 Å². The van der Waals surface area contributed by atoms with Crippen LogP contribution in [-0.4, -0.2) is 31.4 Å². The first-order valence-corrected chi connectivity index (χ1v) is 9.72. The normalized spacial score (nSPS) is 11.4. The Labute approximate surface area is 171 Å². The summed E-state index contributed by atoms with van der Waals surface area (Å²) < 4.78 is 9.72. The Hall–Kier alpha value is -4.00. The highest BCUT2D eigenvalue weighted by Gasteiger charge is 2.23. The monoisotopic (exact) mass is 400 g/mol. The van der Waals surface area contributed by atoms with E-state index in [1.807, 2.05) is 72.4 Å². The molecular formula is C23H20N4O3. The second-order valence-electron chi connectivity index (χ2n) is 7.11. The number of aromatic nitrogens is 4. The van der Waals surface area contributed by atoms with Crippen LogP contribution in [0.5, 0.6) is 0 Å².